The normalized spacial score (nSPS) is 17.7. The molecule has 1 fully saturated rings. The Bertz CT molecular complexity index is 759. The Balaban J connectivity index is 1.79. The maximum atomic E-state index is 12.6. The predicted molar refractivity (Wildman–Crippen MR) is 82.3 cm³/mol. The van der Waals surface area contributed by atoms with Crippen molar-refractivity contribution in [2.75, 3.05) is 32.7 Å². The van der Waals surface area contributed by atoms with Crippen LogP contribution in [0.3, 0.4) is 0 Å². The van der Waals surface area contributed by atoms with Crippen molar-refractivity contribution >= 4 is 10.0 Å². The molecule has 126 valence electrons. The molecule has 0 atom stereocenters. The van der Waals surface area contributed by atoms with E-state index in [0.29, 0.717) is 31.0 Å². The molecule has 0 spiro atoms. The summed E-state index contributed by atoms with van der Waals surface area (Å²) in [5, 5.41) is 7.67. The molecule has 23 heavy (non-hydrogen) atoms. The van der Waals surface area contributed by atoms with Crippen LogP contribution in [-0.2, 0) is 16.4 Å². The standard InChI is InChI=1S/C14H20N4O4S/c1-3-12-15-16-14(22-12)11-9-13(21-10-11)23(19,20)18-7-5-17(4-2)6-8-18/h9-10H,3-8H2,1-2H3. The number of likely N-dealkylation sites (N-methyl/N-ethyl adjacent to an activating group) is 1. The zero-order valence-electron chi connectivity index (χ0n) is 13.2. The van der Waals surface area contributed by atoms with Crippen molar-refractivity contribution < 1.29 is 17.3 Å². The van der Waals surface area contributed by atoms with Gasteiger partial charge in [0.25, 0.3) is 15.9 Å². The summed E-state index contributed by atoms with van der Waals surface area (Å²) in [6.45, 7) is 7.28. The molecule has 2 aromatic rings. The molecular formula is C14H20N4O4S. The molecule has 2 aromatic heterocycles. The van der Waals surface area contributed by atoms with Crippen molar-refractivity contribution in [1.29, 1.82) is 0 Å². The maximum absolute atomic E-state index is 12.6. The summed E-state index contributed by atoms with van der Waals surface area (Å²) in [5.74, 6) is 0.768. The minimum atomic E-state index is -3.63. The molecule has 0 bridgehead atoms. The second kappa shape index (κ2) is 6.42. The highest BCUT2D eigenvalue weighted by molar-refractivity contribution is 7.89. The molecule has 0 amide bonds. The van der Waals surface area contributed by atoms with Gasteiger partial charge in [-0.05, 0) is 6.54 Å². The molecule has 8 nitrogen and oxygen atoms in total. The molecule has 3 heterocycles. The zero-order valence-corrected chi connectivity index (χ0v) is 14.0. The molecule has 0 aromatic carbocycles. The largest absolute Gasteiger partial charge is 0.451 e. The van der Waals surface area contributed by atoms with E-state index in [1.165, 1.54) is 16.6 Å². The molecule has 0 radical (unpaired) electrons. The Morgan fingerprint density at radius 2 is 1.91 bits per heavy atom. The third-order valence-electron chi connectivity index (χ3n) is 3.96. The van der Waals surface area contributed by atoms with Gasteiger partial charge < -0.3 is 13.7 Å². The van der Waals surface area contributed by atoms with Crippen LogP contribution >= 0.6 is 0 Å². The number of sulfonamides is 1. The molecule has 0 unspecified atom stereocenters. The Labute approximate surface area is 135 Å². The molecular weight excluding hydrogens is 320 g/mol. The number of rotatable bonds is 5. The number of piperazine rings is 1. The van der Waals surface area contributed by atoms with Gasteiger partial charge in [0, 0.05) is 38.7 Å². The van der Waals surface area contributed by atoms with Gasteiger partial charge in [-0.2, -0.15) is 4.31 Å². The van der Waals surface area contributed by atoms with Gasteiger partial charge in [-0.15, -0.1) is 10.2 Å². The fourth-order valence-electron chi connectivity index (χ4n) is 2.49. The van der Waals surface area contributed by atoms with Gasteiger partial charge in [0.05, 0.1) is 5.56 Å². The monoisotopic (exact) mass is 340 g/mol. The Morgan fingerprint density at radius 1 is 1.17 bits per heavy atom. The van der Waals surface area contributed by atoms with E-state index in [0.717, 1.165) is 19.6 Å². The third-order valence-corrected chi connectivity index (χ3v) is 5.73. The second-order valence-corrected chi connectivity index (χ2v) is 7.22. The summed E-state index contributed by atoms with van der Waals surface area (Å²) in [6, 6.07) is 1.44. The number of hydrogen-bond donors (Lipinski definition) is 0. The first-order chi connectivity index (χ1) is 11.0. The van der Waals surface area contributed by atoms with E-state index in [1.54, 1.807) is 0 Å². The summed E-state index contributed by atoms with van der Waals surface area (Å²) < 4.78 is 37.4. The van der Waals surface area contributed by atoms with Gasteiger partial charge in [-0.25, -0.2) is 8.42 Å². The van der Waals surface area contributed by atoms with Crippen molar-refractivity contribution in [1.82, 2.24) is 19.4 Å². The summed E-state index contributed by atoms with van der Waals surface area (Å²) >= 11 is 0. The topological polar surface area (TPSA) is 92.7 Å². The highest BCUT2D eigenvalue weighted by Crippen LogP contribution is 2.26. The molecule has 9 heteroatoms. The lowest BCUT2D eigenvalue weighted by atomic mass is 10.3. The summed E-state index contributed by atoms with van der Waals surface area (Å²) in [6.07, 6.45) is 1.96. The number of aromatic nitrogens is 2. The maximum Gasteiger partial charge on any atom is 0.276 e. The first-order valence-electron chi connectivity index (χ1n) is 7.68. The lowest BCUT2D eigenvalue weighted by molar-refractivity contribution is 0.194. The van der Waals surface area contributed by atoms with Crippen LogP contribution < -0.4 is 0 Å². The van der Waals surface area contributed by atoms with Crippen LogP contribution in [0.5, 0.6) is 0 Å². The van der Waals surface area contributed by atoms with E-state index in [-0.39, 0.29) is 11.0 Å². The fourth-order valence-corrected chi connectivity index (χ4v) is 3.83. The molecule has 3 rings (SSSR count). The zero-order chi connectivity index (χ0) is 16.4. The molecule has 1 aliphatic heterocycles. The van der Waals surface area contributed by atoms with E-state index < -0.39 is 10.0 Å². The van der Waals surface area contributed by atoms with Crippen molar-refractivity contribution in [3.63, 3.8) is 0 Å². The van der Waals surface area contributed by atoms with E-state index in [9.17, 15) is 8.42 Å². The summed E-state index contributed by atoms with van der Waals surface area (Å²) in [7, 11) is -3.63. The summed E-state index contributed by atoms with van der Waals surface area (Å²) in [4.78, 5) is 2.21. The van der Waals surface area contributed by atoms with Crippen molar-refractivity contribution in [2.45, 2.75) is 25.4 Å². The van der Waals surface area contributed by atoms with Gasteiger partial charge in [0.15, 0.2) is 0 Å². The lowest BCUT2D eigenvalue weighted by Gasteiger charge is -2.32. The minimum absolute atomic E-state index is 0.0892. The molecule has 1 aliphatic rings. The van der Waals surface area contributed by atoms with E-state index in [4.69, 9.17) is 8.83 Å². The van der Waals surface area contributed by atoms with Crippen molar-refractivity contribution in [2.24, 2.45) is 0 Å². The number of furan rings is 1. The SMILES string of the molecule is CCc1nnc(-c2coc(S(=O)(=O)N3CCN(CC)CC3)c2)o1. The van der Waals surface area contributed by atoms with Gasteiger partial charge in [-0.1, -0.05) is 13.8 Å². The highest BCUT2D eigenvalue weighted by atomic mass is 32.2. The van der Waals surface area contributed by atoms with Gasteiger partial charge in [-0.3, -0.25) is 0 Å². The van der Waals surface area contributed by atoms with Crippen LogP contribution in [0.1, 0.15) is 19.7 Å². The fraction of sp³-hybridized carbons (Fsp3) is 0.571. The Hall–Kier alpha value is -1.71. The Kier molecular flexibility index (Phi) is 4.51. The minimum Gasteiger partial charge on any atom is -0.451 e. The molecule has 0 N–H and O–H groups in total. The molecule has 0 saturated carbocycles. The Morgan fingerprint density at radius 3 is 2.52 bits per heavy atom. The van der Waals surface area contributed by atoms with Gasteiger partial charge in [0.2, 0.25) is 11.0 Å². The van der Waals surface area contributed by atoms with Crippen LogP contribution in [0, 0.1) is 0 Å². The lowest BCUT2D eigenvalue weighted by Crippen LogP contribution is -2.48. The number of hydrogen-bond acceptors (Lipinski definition) is 7. The average Bonchev–Trinajstić information content (AvgIpc) is 3.23. The second-order valence-electron chi connectivity index (χ2n) is 5.35. The predicted octanol–water partition coefficient (Wildman–Crippen LogP) is 1.22. The van der Waals surface area contributed by atoms with Crippen LogP contribution in [-0.4, -0.2) is 60.5 Å². The van der Waals surface area contributed by atoms with Crippen LogP contribution in [0.4, 0.5) is 0 Å². The van der Waals surface area contributed by atoms with E-state index >= 15 is 0 Å². The van der Waals surface area contributed by atoms with Gasteiger partial charge >= 0.3 is 0 Å². The van der Waals surface area contributed by atoms with E-state index in [2.05, 4.69) is 22.0 Å². The van der Waals surface area contributed by atoms with Crippen LogP contribution in [0.15, 0.2) is 26.3 Å². The van der Waals surface area contributed by atoms with Crippen LogP contribution in [0.25, 0.3) is 11.5 Å². The highest BCUT2D eigenvalue weighted by Gasteiger charge is 2.31. The van der Waals surface area contributed by atoms with Gasteiger partial charge in [0.1, 0.15) is 6.26 Å². The first-order valence-corrected chi connectivity index (χ1v) is 9.12. The number of aryl methyl sites for hydroxylation is 1. The average molecular weight is 340 g/mol. The number of nitrogens with zero attached hydrogens (tertiary/aromatic N) is 4. The summed E-state index contributed by atoms with van der Waals surface area (Å²) in [5.41, 5.74) is 0.475. The molecule has 0 aliphatic carbocycles. The van der Waals surface area contributed by atoms with E-state index in [1.807, 2.05) is 6.92 Å². The van der Waals surface area contributed by atoms with Crippen molar-refractivity contribution in [3.05, 3.63) is 18.2 Å². The molecule has 1 saturated heterocycles. The quantitative estimate of drug-likeness (QED) is 0.808. The first kappa shape index (κ1) is 16.2. The third kappa shape index (κ3) is 3.17. The van der Waals surface area contributed by atoms with Crippen molar-refractivity contribution in [3.8, 4) is 11.5 Å². The van der Waals surface area contributed by atoms with Crippen LogP contribution in [0.2, 0.25) is 0 Å². The smallest absolute Gasteiger partial charge is 0.276 e.